The Morgan fingerprint density at radius 3 is 0.767 bits per heavy atom. The summed E-state index contributed by atoms with van der Waals surface area (Å²) in [6.07, 6.45) is -5.84. The first kappa shape index (κ1) is 33.2. The summed E-state index contributed by atoms with van der Waals surface area (Å²) in [4.78, 5) is 0. The molecule has 0 unspecified atom stereocenters. The molecule has 0 amide bonds. The molecule has 0 heterocycles. The maximum Gasteiger partial charge on any atom is 0.200 e. The van der Waals surface area contributed by atoms with Crippen LogP contribution in [0.4, 0.5) is 65.9 Å². The molecule has 0 saturated carbocycles. The van der Waals surface area contributed by atoms with E-state index in [-0.39, 0.29) is 12.1 Å². The maximum atomic E-state index is 15.4. The molecule has 2 nitrogen and oxygen atoms in total. The molecular formula is C25H11BF15NO. The van der Waals surface area contributed by atoms with E-state index in [1.807, 2.05) is 0 Å². The Kier molecular flexibility index (Phi) is 9.05. The van der Waals surface area contributed by atoms with Crippen molar-refractivity contribution in [2.75, 3.05) is 7.05 Å². The molecule has 0 aliphatic heterocycles. The van der Waals surface area contributed by atoms with Gasteiger partial charge in [0, 0.05) is 0 Å². The topological polar surface area (TPSA) is 47.9 Å². The summed E-state index contributed by atoms with van der Waals surface area (Å²) < 4.78 is 220. The standard InChI is InChI=1S/C24H5BF15O.CH5N/c26-10-7(11(27)17(33)22(38)16(10)32)25(5-1-3-6(41)4-2-5,8-12(28)18(34)23(39)19(35)13(8)29)9-14(30)20(36)24(40)21(37)15(9)31;1-2/h1-4,41H;2H2,1H3/q-1;/p+1. The first-order valence-electron chi connectivity index (χ1n) is 11.2. The van der Waals surface area contributed by atoms with Crippen LogP contribution in [0.15, 0.2) is 24.3 Å². The quantitative estimate of drug-likeness (QED) is 0.153. The van der Waals surface area contributed by atoms with Crippen LogP contribution < -0.4 is 27.6 Å². The molecule has 0 radical (unpaired) electrons. The van der Waals surface area contributed by atoms with E-state index < -0.39 is 121 Å². The van der Waals surface area contributed by atoms with E-state index in [2.05, 4.69) is 5.73 Å². The molecule has 43 heavy (non-hydrogen) atoms. The smallest absolute Gasteiger partial charge is 0.200 e. The lowest BCUT2D eigenvalue weighted by Crippen LogP contribution is -2.79. The van der Waals surface area contributed by atoms with Gasteiger partial charge in [0.2, 0.25) is 0 Å². The summed E-state index contributed by atoms with van der Waals surface area (Å²) in [7, 11) is 1.75. The van der Waals surface area contributed by atoms with Gasteiger partial charge in [0.15, 0.2) is 52.4 Å². The zero-order valence-electron chi connectivity index (χ0n) is 20.7. The summed E-state index contributed by atoms with van der Waals surface area (Å²) in [6, 6.07) is 1.11. The molecule has 0 fully saturated rings. The largest absolute Gasteiger partial charge is 0.508 e. The molecule has 0 aliphatic carbocycles. The van der Waals surface area contributed by atoms with Crippen LogP contribution in [0.25, 0.3) is 0 Å². The molecule has 0 bridgehead atoms. The highest BCUT2D eigenvalue weighted by molar-refractivity contribution is 7.20. The zero-order chi connectivity index (χ0) is 32.9. The SMILES string of the molecule is C[NH3+].Oc1ccc([B-](c2c(F)c(F)c(F)c(F)c2F)(c2c(F)c(F)c(F)c(F)c2F)c2c(F)c(F)c(F)c(F)c2F)cc1. The number of rotatable bonds is 4. The molecular weight excluding hydrogens is 626 g/mol. The predicted octanol–water partition coefficient (Wildman–Crippen LogP) is 3.71. The molecule has 18 heteroatoms. The second kappa shape index (κ2) is 11.7. The molecule has 4 rings (SSSR count). The molecule has 0 atom stereocenters. The Balaban J connectivity index is 0.00000248. The van der Waals surface area contributed by atoms with Gasteiger partial charge in [-0.25, -0.2) is 65.9 Å². The Labute approximate surface area is 229 Å². The molecule has 4 aromatic carbocycles. The van der Waals surface area contributed by atoms with Crippen molar-refractivity contribution >= 4 is 28.0 Å². The second-order valence-corrected chi connectivity index (χ2v) is 8.41. The van der Waals surface area contributed by atoms with Crippen LogP contribution in [-0.2, 0) is 0 Å². The first-order chi connectivity index (χ1) is 20.0. The first-order valence-corrected chi connectivity index (χ1v) is 11.2. The minimum absolute atomic E-state index is 0.184. The van der Waals surface area contributed by atoms with Crippen molar-refractivity contribution in [1.82, 2.24) is 0 Å². The number of benzene rings is 4. The van der Waals surface area contributed by atoms with Crippen molar-refractivity contribution in [3.05, 3.63) is 112 Å². The van der Waals surface area contributed by atoms with Gasteiger partial charge in [-0.3, -0.25) is 0 Å². The molecule has 230 valence electrons. The van der Waals surface area contributed by atoms with Crippen LogP contribution in [0, 0.1) is 87.3 Å². The highest BCUT2D eigenvalue weighted by Crippen LogP contribution is 2.28. The number of halogens is 15. The molecule has 0 saturated heterocycles. The third-order valence-electron chi connectivity index (χ3n) is 6.42. The number of phenols is 1. The highest BCUT2D eigenvalue weighted by Gasteiger charge is 2.48. The lowest BCUT2D eigenvalue weighted by molar-refractivity contribution is -0.325. The number of hydrogen-bond acceptors (Lipinski definition) is 1. The molecule has 4 N–H and O–H groups in total. The fraction of sp³-hybridized carbons (Fsp3) is 0.0400. The van der Waals surface area contributed by atoms with E-state index in [9.17, 15) is 44.6 Å². The van der Waals surface area contributed by atoms with Crippen LogP contribution in [0.3, 0.4) is 0 Å². The van der Waals surface area contributed by atoms with Gasteiger partial charge >= 0.3 is 0 Å². The average Bonchev–Trinajstić information content (AvgIpc) is 3.00. The van der Waals surface area contributed by atoms with Crippen LogP contribution in [0.5, 0.6) is 5.75 Å². The van der Waals surface area contributed by atoms with Gasteiger partial charge in [0.25, 0.3) is 0 Å². The van der Waals surface area contributed by atoms with Crippen molar-refractivity contribution in [1.29, 1.82) is 0 Å². The number of hydrogen-bond donors (Lipinski definition) is 2. The van der Waals surface area contributed by atoms with Crippen LogP contribution in [0.2, 0.25) is 0 Å². The van der Waals surface area contributed by atoms with Crippen molar-refractivity contribution < 1.29 is 76.7 Å². The van der Waals surface area contributed by atoms with Crippen LogP contribution in [0.1, 0.15) is 0 Å². The zero-order valence-corrected chi connectivity index (χ0v) is 20.7. The monoisotopic (exact) mass is 637 g/mol. The van der Waals surface area contributed by atoms with Gasteiger partial charge in [-0.15, -0.1) is 16.4 Å². The van der Waals surface area contributed by atoms with Crippen molar-refractivity contribution in [3.8, 4) is 5.75 Å². The highest BCUT2D eigenvalue weighted by atomic mass is 19.2. The van der Waals surface area contributed by atoms with Gasteiger partial charge < -0.3 is 10.8 Å². The predicted molar refractivity (Wildman–Crippen MR) is 120 cm³/mol. The Hall–Kier alpha value is -4.35. The van der Waals surface area contributed by atoms with Gasteiger partial charge in [0.05, 0.1) is 7.05 Å². The van der Waals surface area contributed by atoms with E-state index >= 15 is 26.3 Å². The summed E-state index contributed by atoms with van der Waals surface area (Å²) in [5.41, 5.74) is -6.55. The van der Waals surface area contributed by atoms with E-state index in [0.717, 1.165) is 0 Å². The summed E-state index contributed by atoms with van der Waals surface area (Å²) >= 11 is 0. The van der Waals surface area contributed by atoms with Gasteiger partial charge in [-0.2, -0.15) is 5.46 Å². The third kappa shape index (κ3) is 4.63. The lowest BCUT2D eigenvalue weighted by Gasteiger charge is -2.44. The van der Waals surface area contributed by atoms with E-state index in [1.165, 1.54) is 0 Å². The van der Waals surface area contributed by atoms with Crippen LogP contribution >= 0.6 is 0 Å². The molecule has 0 aliphatic rings. The fourth-order valence-corrected chi connectivity index (χ4v) is 4.70. The number of aromatic hydroxyl groups is 1. The number of quaternary nitrogens is 1. The Bertz CT molecular complexity index is 1510. The minimum Gasteiger partial charge on any atom is -0.508 e. The van der Waals surface area contributed by atoms with E-state index in [0.29, 0.717) is 12.1 Å². The van der Waals surface area contributed by atoms with Gasteiger partial charge in [-0.05, 0) is 12.1 Å². The van der Waals surface area contributed by atoms with Crippen LogP contribution in [-0.4, -0.2) is 18.3 Å². The third-order valence-corrected chi connectivity index (χ3v) is 6.42. The maximum absolute atomic E-state index is 15.4. The average molecular weight is 637 g/mol. The fourth-order valence-electron chi connectivity index (χ4n) is 4.70. The molecule has 4 aromatic rings. The van der Waals surface area contributed by atoms with Gasteiger partial charge in [-0.1, -0.05) is 12.1 Å². The van der Waals surface area contributed by atoms with Crippen molar-refractivity contribution in [3.63, 3.8) is 0 Å². The summed E-state index contributed by atoms with van der Waals surface area (Å²) in [6.45, 7) is 0. The molecule has 0 aromatic heterocycles. The summed E-state index contributed by atoms with van der Waals surface area (Å²) in [5, 5.41) is 9.59. The minimum atomic E-state index is -5.84. The van der Waals surface area contributed by atoms with E-state index in [1.54, 1.807) is 7.05 Å². The van der Waals surface area contributed by atoms with E-state index in [4.69, 9.17) is 0 Å². The Morgan fingerprint density at radius 2 is 0.558 bits per heavy atom. The lowest BCUT2D eigenvalue weighted by atomic mass is 9.12. The van der Waals surface area contributed by atoms with Crippen molar-refractivity contribution in [2.45, 2.75) is 0 Å². The number of phenolic OH excluding ortho intramolecular Hbond substituents is 1. The van der Waals surface area contributed by atoms with Crippen molar-refractivity contribution in [2.24, 2.45) is 0 Å². The normalized spacial score (nSPS) is 11.5. The van der Waals surface area contributed by atoms with Gasteiger partial charge in [0.1, 0.15) is 46.8 Å². The summed E-state index contributed by atoms with van der Waals surface area (Å²) in [5.74, 6) is -47.1. The Morgan fingerprint density at radius 1 is 0.372 bits per heavy atom. The second-order valence-electron chi connectivity index (χ2n) is 8.41. The molecule has 0 spiro atoms.